The number of likely N-dealkylation sites (tertiary alicyclic amines) is 1. The number of fused-ring (bicyclic) bond motifs is 1. The fraction of sp³-hybridized carbons (Fsp3) is 0.727. The molecule has 94 valence electrons. The topological polar surface area (TPSA) is 106 Å². The van der Waals surface area contributed by atoms with Crippen molar-refractivity contribution >= 4 is 17.7 Å². The molecule has 0 bridgehead atoms. The molecule has 1 heterocycles. The van der Waals surface area contributed by atoms with Crippen LogP contribution in [0.4, 0.5) is 0 Å². The van der Waals surface area contributed by atoms with Crippen LogP contribution < -0.4 is 11.5 Å². The van der Waals surface area contributed by atoms with Crippen LogP contribution in [0.15, 0.2) is 0 Å². The Morgan fingerprint density at radius 1 is 1.35 bits per heavy atom. The van der Waals surface area contributed by atoms with E-state index in [1.54, 1.807) is 0 Å². The summed E-state index contributed by atoms with van der Waals surface area (Å²) in [5.41, 5.74) is 9.18. The molecule has 1 aliphatic carbocycles. The number of carbonyl (C=O) groups is 3. The maximum atomic E-state index is 12.0. The normalized spacial score (nSPS) is 33.3. The third kappa shape index (κ3) is 1.47. The second-order valence-electron chi connectivity index (χ2n) is 5.82. The molecule has 2 rings (SSSR count). The number of rotatable bonds is 3. The van der Waals surface area contributed by atoms with Crippen LogP contribution in [0.3, 0.4) is 0 Å². The number of hydrogen-bond donors (Lipinski definition) is 2. The molecular weight excluding hydrogens is 222 g/mol. The maximum Gasteiger partial charge on any atom is 0.239 e. The fourth-order valence-corrected chi connectivity index (χ4v) is 2.57. The van der Waals surface area contributed by atoms with Crippen LogP contribution in [0.1, 0.15) is 20.8 Å². The summed E-state index contributed by atoms with van der Waals surface area (Å²) in [7, 11) is 0. The van der Waals surface area contributed by atoms with Gasteiger partial charge < -0.3 is 11.5 Å². The van der Waals surface area contributed by atoms with Gasteiger partial charge in [0, 0.05) is 0 Å². The average Bonchev–Trinajstić information content (AvgIpc) is 2.65. The van der Waals surface area contributed by atoms with Crippen molar-refractivity contribution in [1.29, 1.82) is 0 Å². The van der Waals surface area contributed by atoms with Crippen LogP contribution in [-0.2, 0) is 14.4 Å². The predicted molar refractivity (Wildman–Crippen MR) is 59.3 cm³/mol. The summed E-state index contributed by atoms with van der Waals surface area (Å²) in [6.07, 6.45) is 0. The van der Waals surface area contributed by atoms with E-state index in [2.05, 4.69) is 0 Å². The third-order valence-electron chi connectivity index (χ3n) is 3.94. The van der Waals surface area contributed by atoms with E-state index in [0.29, 0.717) is 0 Å². The molecule has 2 fully saturated rings. The van der Waals surface area contributed by atoms with Crippen molar-refractivity contribution < 1.29 is 14.4 Å². The van der Waals surface area contributed by atoms with Crippen molar-refractivity contribution in [2.45, 2.75) is 26.3 Å². The summed E-state index contributed by atoms with van der Waals surface area (Å²) in [5, 5.41) is 0. The zero-order valence-electron chi connectivity index (χ0n) is 10.2. The highest BCUT2D eigenvalue weighted by Crippen LogP contribution is 2.63. The number of hydrogen-bond acceptors (Lipinski definition) is 4. The second kappa shape index (κ2) is 3.07. The minimum atomic E-state index is -1.37. The molecule has 6 nitrogen and oxygen atoms in total. The first-order chi connectivity index (χ1) is 7.60. The van der Waals surface area contributed by atoms with Gasteiger partial charge in [-0.1, -0.05) is 13.8 Å². The predicted octanol–water partition coefficient (Wildman–Crippen LogP) is -1.17. The molecular formula is C11H17N3O3. The highest BCUT2D eigenvalue weighted by molar-refractivity contribution is 6.10. The molecule has 1 saturated heterocycles. The quantitative estimate of drug-likeness (QED) is 0.605. The molecule has 0 spiro atoms. The van der Waals surface area contributed by atoms with Crippen LogP contribution >= 0.6 is 0 Å². The Morgan fingerprint density at radius 3 is 2.12 bits per heavy atom. The van der Waals surface area contributed by atoms with Gasteiger partial charge >= 0.3 is 0 Å². The van der Waals surface area contributed by atoms with Crippen molar-refractivity contribution in [1.82, 2.24) is 4.90 Å². The number of primary amides is 1. The highest BCUT2D eigenvalue weighted by atomic mass is 16.2. The molecule has 3 amide bonds. The Balaban J connectivity index is 2.15. The van der Waals surface area contributed by atoms with Crippen LogP contribution in [0.25, 0.3) is 0 Å². The summed E-state index contributed by atoms with van der Waals surface area (Å²) in [5.74, 6) is -1.69. The molecule has 6 heteroatoms. The van der Waals surface area contributed by atoms with Gasteiger partial charge in [0.15, 0.2) is 0 Å². The van der Waals surface area contributed by atoms with Gasteiger partial charge in [-0.15, -0.1) is 0 Å². The first kappa shape index (κ1) is 12.0. The Labute approximate surface area is 99.3 Å². The lowest BCUT2D eigenvalue weighted by Crippen LogP contribution is -2.58. The smallest absolute Gasteiger partial charge is 0.239 e. The van der Waals surface area contributed by atoms with Crippen LogP contribution in [0.5, 0.6) is 0 Å². The summed E-state index contributed by atoms with van der Waals surface area (Å²) >= 11 is 0. The number of piperidine rings is 1. The Kier molecular flexibility index (Phi) is 2.17. The molecule has 4 N–H and O–H groups in total. The van der Waals surface area contributed by atoms with Crippen LogP contribution in [-0.4, -0.2) is 34.7 Å². The third-order valence-corrected chi connectivity index (χ3v) is 3.94. The largest absolute Gasteiger partial charge is 0.368 e. The van der Waals surface area contributed by atoms with E-state index < -0.39 is 11.4 Å². The molecule has 17 heavy (non-hydrogen) atoms. The van der Waals surface area contributed by atoms with Crippen molar-refractivity contribution in [3.63, 3.8) is 0 Å². The van der Waals surface area contributed by atoms with E-state index >= 15 is 0 Å². The Morgan fingerprint density at radius 2 is 1.76 bits per heavy atom. The van der Waals surface area contributed by atoms with E-state index in [1.165, 1.54) is 6.92 Å². The van der Waals surface area contributed by atoms with E-state index in [9.17, 15) is 14.4 Å². The van der Waals surface area contributed by atoms with E-state index in [-0.39, 0.29) is 35.6 Å². The lowest BCUT2D eigenvalue weighted by molar-refractivity contribution is -0.144. The lowest BCUT2D eigenvalue weighted by Gasteiger charge is -2.28. The average molecular weight is 239 g/mol. The van der Waals surface area contributed by atoms with Crippen molar-refractivity contribution in [2.75, 3.05) is 6.54 Å². The number of carbonyl (C=O) groups excluding carboxylic acids is 3. The highest BCUT2D eigenvalue weighted by Gasteiger charge is 2.72. The zero-order valence-corrected chi connectivity index (χ0v) is 10.2. The molecule has 1 saturated carbocycles. The summed E-state index contributed by atoms with van der Waals surface area (Å²) in [6.45, 7) is 5.07. The van der Waals surface area contributed by atoms with Gasteiger partial charge in [-0.3, -0.25) is 19.3 Å². The van der Waals surface area contributed by atoms with E-state index in [1.807, 2.05) is 13.8 Å². The number of nitrogens with two attached hydrogens (primary N) is 2. The standard InChI is InChI=1S/C11H17N3O3/c1-10(2)5-6(10)8(16)14(7(5)15)4-11(3,13)9(12)17/h5-6H,4,13H2,1-3H3,(H2,12,17). The molecule has 0 aromatic carbocycles. The second-order valence-corrected chi connectivity index (χ2v) is 5.82. The minimum absolute atomic E-state index is 0.136. The van der Waals surface area contributed by atoms with Gasteiger partial charge in [-0.2, -0.15) is 0 Å². The number of imide groups is 1. The first-order valence-corrected chi connectivity index (χ1v) is 5.54. The van der Waals surface area contributed by atoms with Gasteiger partial charge in [0.2, 0.25) is 17.7 Å². The van der Waals surface area contributed by atoms with Gasteiger partial charge in [-0.05, 0) is 12.3 Å². The molecule has 0 aromatic rings. The zero-order chi connectivity index (χ0) is 13.2. The van der Waals surface area contributed by atoms with Crippen LogP contribution in [0.2, 0.25) is 0 Å². The van der Waals surface area contributed by atoms with E-state index in [0.717, 1.165) is 4.90 Å². The Bertz CT molecular complexity index is 404. The van der Waals surface area contributed by atoms with Gasteiger partial charge in [0.1, 0.15) is 5.54 Å². The fourth-order valence-electron chi connectivity index (χ4n) is 2.57. The van der Waals surface area contributed by atoms with Crippen molar-refractivity contribution in [3.8, 4) is 0 Å². The molecule has 2 aliphatic rings. The summed E-state index contributed by atoms with van der Waals surface area (Å²) < 4.78 is 0. The number of amides is 3. The van der Waals surface area contributed by atoms with E-state index in [4.69, 9.17) is 11.5 Å². The monoisotopic (exact) mass is 239 g/mol. The molecule has 3 atom stereocenters. The van der Waals surface area contributed by atoms with Gasteiger partial charge in [0.05, 0.1) is 18.4 Å². The van der Waals surface area contributed by atoms with Crippen LogP contribution in [0, 0.1) is 17.3 Å². The first-order valence-electron chi connectivity index (χ1n) is 5.54. The Hall–Kier alpha value is -1.43. The van der Waals surface area contributed by atoms with Crippen molar-refractivity contribution in [2.24, 2.45) is 28.7 Å². The molecule has 3 unspecified atom stereocenters. The lowest BCUT2D eigenvalue weighted by atomic mass is 10.0. The SMILES string of the molecule is CC(N)(CN1C(=O)C2C(C1=O)C2(C)C)C(N)=O. The van der Waals surface area contributed by atoms with Gasteiger partial charge in [-0.25, -0.2) is 0 Å². The summed E-state index contributed by atoms with van der Waals surface area (Å²) in [6, 6.07) is 0. The molecule has 1 aliphatic heterocycles. The summed E-state index contributed by atoms with van der Waals surface area (Å²) in [4.78, 5) is 36.1. The van der Waals surface area contributed by atoms with Crippen molar-refractivity contribution in [3.05, 3.63) is 0 Å². The van der Waals surface area contributed by atoms with Gasteiger partial charge in [0.25, 0.3) is 0 Å². The molecule has 0 aromatic heterocycles. The number of nitrogens with zero attached hydrogens (tertiary/aromatic N) is 1. The minimum Gasteiger partial charge on any atom is -0.368 e. The molecule has 0 radical (unpaired) electrons. The maximum absolute atomic E-state index is 12.0.